The van der Waals surface area contributed by atoms with Crippen molar-refractivity contribution in [3.8, 4) is 0 Å². The summed E-state index contributed by atoms with van der Waals surface area (Å²) in [5, 5.41) is 24.4. The summed E-state index contributed by atoms with van der Waals surface area (Å²) in [5.74, 6) is -1.27. The molecule has 0 amide bonds. The van der Waals surface area contributed by atoms with Gasteiger partial charge in [0.05, 0.1) is 0 Å². The van der Waals surface area contributed by atoms with Gasteiger partial charge in [-0.25, -0.2) is 4.79 Å². The average Bonchev–Trinajstić information content (AvgIpc) is 2.41. The van der Waals surface area contributed by atoms with Crippen molar-refractivity contribution >= 4 is 17.6 Å². The second kappa shape index (κ2) is 8.05. The van der Waals surface area contributed by atoms with Gasteiger partial charge < -0.3 is 20.8 Å². The number of carbonyl (C=O) groups is 1. The quantitative estimate of drug-likeness (QED) is 0.635. The van der Waals surface area contributed by atoms with Crippen LogP contribution >= 0.6 is 11.6 Å². The molecule has 4 N–H and O–H groups in total. The molecule has 1 saturated heterocycles. The third-order valence-electron chi connectivity index (χ3n) is 2.38. The molecule has 1 aliphatic rings. The first-order valence-electron chi connectivity index (χ1n) is 5.69. The molecule has 2 rings (SSSR count). The summed E-state index contributed by atoms with van der Waals surface area (Å²) in [6.45, 7) is 4.56. The van der Waals surface area contributed by atoms with E-state index in [-0.39, 0.29) is 0 Å². The van der Waals surface area contributed by atoms with E-state index in [4.69, 9.17) is 21.8 Å². The van der Waals surface area contributed by atoms with Crippen molar-refractivity contribution in [2.45, 2.75) is 6.10 Å². The van der Waals surface area contributed by atoms with Crippen LogP contribution in [-0.2, 0) is 4.79 Å². The number of carboxylic acids is 1. The van der Waals surface area contributed by atoms with E-state index in [1.54, 1.807) is 0 Å². The summed E-state index contributed by atoms with van der Waals surface area (Å²) in [5.41, 5.74) is 0.326. The number of aliphatic carboxylic acids is 1. The zero-order valence-corrected chi connectivity index (χ0v) is 10.7. The molecule has 1 atom stereocenters. The average molecular weight is 273 g/mol. The number of piperazine rings is 1. The van der Waals surface area contributed by atoms with Crippen LogP contribution in [0.4, 0.5) is 0 Å². The fourth-order valence-corrected chi connectivity index (χ4v) is 1.52. The summed E-state index contributed by atoms with van der Waals surface area (Å²) in [4.78, 5) is 10.3. The smallest absolute Gasteiger partial charge is 0.337 e. The lowest BCUT2D eigenvalue weighted by molar-refractivity contribution is -0.146. The summed E-state index contributed by atoms with van der Waals surface area (Å²) in [7, 11) is 0. The molecule has 1 aromatic rings. The van der Waals surface area contributed by atoms with Crippen LogP contribution < -0.4 is 10.6 Å². The summed E-state index contributed by atoms with van der Waals surface area (Å²) >= 11 is 5.57. The van der Waals surface area contributed by atoms with Crippen LogP contribution in [0.15, 0.2) is 24.3 Å². The van der Waals surface area contributed by atoms with Crippen molar-refractivity contribution in [3.05, 3.63) is 34.9 Å². The lowest BCUT2D eigenvalue weighted by atomic mass is 10.1. The molecule has 1 fully saturated rings. The van der Waals surface area contributed by atoms with E-state index in [1.807, 2.05) is 0 Å². The predicted octanol–water partition coefficient (Wildman–Crippen LogP) is 0.637. The zero-order valence-electron chi connectivity index (χ0n) is 9.90. The predicted molar refractivity (Wildman–Crippen MR) is 69.8 cm³/mol. The number of hydrogen-bond acceptors (Lipinski definition) is 4. The van der Waals surface area contributed by atoms with E-state index in [0.29, 0.717) is 10.6 Å². The highest BCUT2D eigenvalue weighted by Crippen LogP contribution is 2.16. The van der Waals surface area contributed by atoms with Crippen molar-refractivity contribution < 1.29 is 15.0 Å². The number of aliphatic hydroxyl groups is 1. The van der Waals surface area contributed by atoms with Crippen molar-refractivity contribution in [3.63, 3.8) is 0 Å². The highest BCUT2D eigenvalue weighted by Gasteiger charge is 2.14. The topological polar surface area (TPSA) is 81.6 Å². The second-order valence-electron chi connectivity index (χ2n) is 3.79. The van der Waals surface area contributed by atoms with Crippen molar-refractivity contribution in [2.24, 2.45) is 0 Å². The van der Waals surface area contributed by atoms with Gasteiger partial charge in [0.25, 0.3) is 0 Å². The van der Waals surface area contributed by atoms with Gasteiger partial charge in [0.2, 0.25) is 0 Å². The van der Waals surface area contributed by atoms with Crippen LogP contribution in [0.2, 0.25) is 5.02 Å². The Balaban J connectivity index is 0.000000225. The molecule has 0 unspecified atom stereocenters. The Hall–Kier alpha value is -1.14. The van der Waals surface area contributed by atoms with Crippen LogP contribution in [0.5, 0.6) is 0 Å². The van der Waals surface area contributed by atoms with Crippen LogP contribution in [0.1, 0.15) is 11.7 Å². The minimum atomic E-state index is -1.47. The van der Waals surface area contributed by atoms with Gasteiger partial charge in [0.1, 0.15) is 0 Å². The monoisotopic (exact) mass is 272 g/mol. The zero-order chi connectivity index (χ0) is 13.4. The van der Waals surface area contributed by atoms with Gasteiger partial charge >= 0.3 is 5.97 Å². The van der Waals surface area contributed by atoms with E-state index < -0.39 is 12.1 Å². The van der Waals surface area contributed by atoms with Gasteiger partial charge in [0, 0.05) is 31.2 Å². The standard InChI is InChI=1S/C8H7ClO3.C4H10N2/c9-6-3-1-5(2-4-6)7(10)8(11)12;1-2-6-4-3-5-1/h1-4,7,10H,(H,11,12);5-6H,1-4H2/t7-;/m0./s1. The maximum atomic E-state index is 10.3. The van der Waals surface area contributed by atoms with E-state index in [2.05, 4.69) is 10.6 Å². The lowest BCUT2D eigenvalue weighted by Crippen LogP contribution is -2.39. The number of aliphatic hydroxyl groups excluding tert-OH is 1. The van der Waals surface area contributed by atoms with E-state index in [1.165, 1.54) is 24.3 Å². The normalized spacial score (nSPS) is 16.3. The van der Waals surface area contributed by atoms with Gasteiger partial charge in [-0.2, -0.15) is 0 Å². The molecule has 0 saturated carbocycles. The molecule has 1 aliphatic heterocycles. The van der Waals surface area contributed by atoms with Crippen molar-refractivity contribution in [2.75, 3.05) is 26.2 Å². The van der Waals surface area contributed by atoms with Crippen LogP contribution in [0, 0.1) is 0 Å². The summed E-state index contributed by atoms with van der Waals surface area (Å²) in [6, 6.07) is 6.01. The minimum Gasteiger partial charge on any atom is -0.479 e. The Labute approximate surface area is 111 Å². The number of nitrogens with one attached hydrogen (secondary N) is 2. The first kappa shape index (κ1) is 14.9. The molecule has 100 valence electrons. The highest BCUT2D eigenvalue weighted by molar-refractivity contribution is 6.30. The van der Waals surface area contributed by atoms with Crippen molar-refractivity contribution in [1.29, 1.82) is 0 Å². The van der Waals surface area contributed by atoms with Gasteiger partial charge in [-0.3, -0.25) is 0 Å². The third-order valence-corrected chi connectivity index (χ3v) is 2.63. The molecule has 18 heavy (non-hydrogen) atoms. The van der Waals surface area contributed by atoms with Gasteiger partial charge in [-0.05, 0) is 17.7 Å². The number of carboxylic acid groups (broad SMARTS) is 1. The first-order valence-corrected chi connectivity index (χ1v) is 6.07. The first-order chi connectivity index (χ1) is 8.61. The van der Waals surface area contributed by atoms with E-state index in [9.17, 15) is 4.79 Å². The molecule has 0 radical (unpaired) electrons. The van der Waals surface area contributed by atoms with Crippen LogP contribution in [0.25, 0.3) is 0 Å². The van der Waals surface area contributed by atoms with E-state index in [0.717, 1.165) is 26.2 Å². The number of hydrogen-bond donors (Lipinski definition) is 4. The molecule has 0 bridgehead atoms. The Kier molecular flexibility index (Phi) is 6.67. The second-order valence-corrected chi connectivity index (χ2v) is 4.23. The molecule has 0 spiro atoms. The summed E-state index contributed by atoms with van der Waals surface area (Å²) in [6.07, 6.45) is -1.47. The molecule has 5 nitrogen and oxygen atoms in total. The maximum absolute atomic E-state index is 10.3. The molecule has 0 aliphatic carbocycles. The Morgan fingerprint density at radius 2 is 1.56 bits per heavy atom. The van der Waals surface area contributed by atoms with Gasteiger partial charge in [-0.1, -0.05) is 23.7 Å². The van der Waals surface area contributed by atoms with Gasteiger partial charge in [0.15, 0.2) is 6.10 Å². The van der Waals surface area contributed by atoms with E-state index >= 15 is 0 Å². The van der Waals surface area contributed by atoms with Crippen LogP contribution in [-0.4, -0.2) is 42.4 Å². The minimum absolute atomic E-state index is 0.326. The fourth-order valence-electron chi connectivity index (χ4n) is 1.39. The Morgan fingerprint density at radius 3 is 1.89 bits per heavy atom. The molecule has 6 heteroatoms. The number of benzene rings is 1. The summed E-state index contributed by atoms with van der Waals surface area (Å²) < 4.78 is 0. The molecule has 1 heterocycles. The van der Waals surface area contributed by atoms with Crippen molar-refractivity contribution in [1.82, 2.24) is 10.6 Å². The maximum Gasteiger partial charge on any atom is 0.337 e. The molecular formula is C12H17ClN2O3. The Morgan fingerprint density at radius 1 is 1.11 bits per heavy atom. The van der Waals surface area contributed by atoms with Crippen LogP contribution in [0.3, 0.4) is 0 Å². The van der Waals surface area contributed by atoms with Gasteiger partial charge in [-0.15, -0.1) is 0 Å². The largest absolute Gasteiger partial charge is 0.479 e. The third kappa shape index (κ3) is 5.46. The SMILES string of the molecule is C1CNCCN1.O=C(O)[C@@H](O)c1ccc(Cl)cc1. The Bertz CT molecular complexity index is 355. The molecule has 0 aromatic heterocycles. The molecular weight excluding hydrogens is 256 g/mol. The number of halogens is 1. The highest BCUT2D eigenvalue weighted by atomic mass is 35.5. The number of rotatable bonds is 2. The fraction of sp³-hybridized carbons (Fsp3) is 0.417. The molecule has 1 aromatic carbocycles. The lowest BCUT2D eigenvalue weighted by Gasteiger charge is -2.11.